The van der Waals surface area contributed by atoms with Crippen molar-refractivity contribution in [3.8, 4) is 0 Å². The van der Waals surface area contributed by atoms with E-state index in [9.17, 15) is 14.4 Å². The van der Waals surface area contributed by atoms with Gasteiger partial charge in [-0.25, -0.2) is 14.8 Å². The maximum absolute atomic E-state index is 12.0. The highest BCUT2D eigenvalue weighted by Gasteiger charge is 2.30. The lowest BCUT2D eigenvalue weighted by molar-refractivity contribution is -0.130. The van der Waals surface area contributed by atoms with Gasteiger partial charge in [0.05, 0.1) is 6.54 Å². The van der Waals surface area contributed by atoms with Gasteiger partial charge in [0.2, 0.25) is 11.9 Å². The van der Waals surface area contributed by atoms with Crippen molar-refractivity contribution in [1.82, 2.24) is 25.5 Å². The zero-order valence-corrected chi connectivity index (χ0v) is 13.3. The molecule has 0 aliphatic carbocycles. The smallest absolute Gasteiger partial charge is 0.325 e. The van der Waals surface area contributed by atoms with Crippen molar-refractivity contribution >= 4 is 23.8 Å². The zero-order chi connectivity index (χ0) is 16.9. The van der Waals surface area contributed by atoms with Crippen molar-refractivity contribution in [3.05, 3.63) is 18.5 Å². The Morgan fingerprint density at radius 3 is 2.83 bits per heavy atom. The molecule has 2 saturated heterocycles. The minimum absolute atomic E-state index is 0.0409. The van der Waals surface area contributed by atoms with Gasteiger partial charge >= 0.3 is 6.03 Å². The summed E-state index contributed by atoms with van der Waals surface area (Å²) in [6.07, 6.45) is 5.44. The van der Waals surface area contributed by atoms with Gasteiger partial charge in [0.25, 0.3) is 5.91 Å². The van der Waals surface area contributed by atoms with Crippen molar-refractivity contribution < 1.29 is 14.4 Å². The van der Waals surface area contributed by atoms with Crippen LogP contribution in [0.25, 0.3) is 0 Å². The number of aromatic nitrogens is 2. The molecular formula is C15H20N6O3. The molecule has 0 unspecified atom stereocenters. The normalized spacial score (nSPS) is 20.9. The van der Waals surface area contributed by atoms with Crippen molar-refractivity contribution in [2.24, 2.45) is 5.92 Å². The van der Waals surface area contributed by atoms with Crippen LogP contribution < -0.4 is 15.5 Å². The molecule has 0 bridgehead atoms. The van der Waals surface area contributed by atoms with E-state index in [-0.39, 0.29) is 30.8 Å². The molecule has 0 spiro atoms. The SMILES string of the molecule is O=C(CN1C(=O)CNC1=O)NC[C@H]1CCCN(c2ncccn2)C1. The lowest BCUT2D eigenvalue weighted by atomic mass is 9.98. The quantitative estimate of drug-likeness (QED) is 0.695. The Balaban J connectivity index is 1.47. The first-order chi connectivity index (χ1) is 11.6. The second kappa shape index (κ2) is 7.24. The molecule has 3 rings (SSSR count). The van der Waals surface area contributed by atoms with Crippen molar-refractivity contribution in [2.75, 3.05) is 37.6 Å². The maximum atomic E-state index is 12.0. The highest BCUT2D eigenvalue weighted by Crippen LogP contribution is 2.19. The van der Waals surface area contributed by atoms with Crippen LogP contribution in [0.15, 0.2) is 18.5 Å². The molecule has 2 fully saturated rings. The average molecular weight is 332 g/mol. The number of imide groups is 1. The van der Waals surface area contributed by atoms with E-state index in [1.807, 2.05) is 0 Å². The first-order valence-electron chi connectivity index (χ1n) is 8.00. The summed E-state index contributed by atoms with van der Waals surface area (Å²) < 4.78 is 0. The number of rotatable bonds is 5. The minimum Gasteiger partial charge on any atom is -0.354 e. The van der Waals surface area contributed by atoms with E-state index in [0.717, 1.165) is 30.8 Å². The fourth-order valence-corrected chi connectivity index (χ4v) is 2.94. The van der Waals surface area contributed by atoms with Crippen molar-refractivity contribution in [2.45, 2.75) is 12.8 Å². The van der Waals surface area contributed by atoms with Crippen molar-refractivity contribution in [3.63, 3.8) is 0 Å². The number of nitrogens with one attached hydrogen (secondary N) is 2. The molecule has 0 radical (unpaired) electrons. The molecule has 9 nitrogen and oxygen atoms in total. The summed E-state index contributed by atoms with van der Waals surface area (Å²) in [5, 5.41) is 5.20. The molecule has 2 aliphatic heterocycles. The van der Waals surface area contributed by atoms with Crippen molar-refractivity contribution in [1.29, 1.82) is 0 Å². The number of urea groups is 1. The largest absolute Gasteiger partial charge is 0.354 e. The molecule has 2 aliphatic rings. The fraction of sp³-hybridized carbons (Fsp3) is 0.533. The number of carbonyl (C=O) groups is 3. The molecule has 0 saturated carbocycles. The van der Waals surface area contributed by atoms with Crippen LogP contribution in [0, 0.1) is 5.92 Å². The van der Waals surface area contributed by atoms with Crippen LogP contribution in [-0.4, -0.2) is 65.4 Å². The van der Waals surface area contributed by atoms with E-state index in [1.165, 1.54) is 0 Å². The number of piperidine rings is 1. The van der Waals surface area contributed by atoms with Crippen LogP contribution in [0.3, 0.4) is 0 Å². The average Bonchev–Trinajstić information content (AvgIpc) is 2.93. The second-order valence-electron chi connectivity index (χ2n) is 5.95. The molecule has 128 valence electrons. The van der Waals surface area contributed by atoms with E-state index in [2.05, 4.69) is 25.5 Å². The summed E-state index contributed by atoms with van der Waals surface area (Å²) in [7, 11) is 0. The molecule has 1 aromatic rings. The predicted molar refractivity (Wildman–Crippen MR) is 85.1 cm³/mol. The summed E-state index contributed by atoms with van der Waals surface area (Å²) in [6, 6.07) is 1.27. The van der Waals surface area contributed by atoms with Gasteiger partial charge in [0, 0.05) is 32.0 Å². The van der Waals surface area contributed by atoms with Gasteiger partial charge in [-0.15, -0.1) is 0 Å². The first kappa shape index (κ1) is 16.2. The summed E-state index contributed by atoms with van der Waals surface area (Å²) in [4.78, 5) is 46.4. The molecule has 24 heavy (non-hydrogen) atoms. The van der Waals surface area contributed by atoms with Gasteiger partial charge < -0.3 is 15.5 Å². The van der Waals surface area contributed by atoms with E-state index >= 15 is 0 Å². The summed E-state index contributed by atoms with van der Waals surface area (Å²) in [6.45, 7) is 1.90. The van der Waals surface area contributed by atoms with Crippen LogP contribution in [0.2, 0.25) is 0 Å². The standard InChI is InChI=1S/C15H20N6O3/c22-12(10-21-13(23)8-19-15(21)24)18-7-11-3-1-6-20(9-11)14-16-4-2-5-17-14/h2,4-5,11H,1,3,6-10H2,(H,18,22)(H,19,24)/t11-/m1/s1. The van der Waals surface area contributed by atoms with Gasteiger partial charge in [0.15, 0.2) is 0 Å². The monoisotopic (exact) mass is 332 g/mol. The van der Waals surface area contributed by atoms with Crippen LogP contribution in [-0.2, 0) is 9.59 Å². The molecular weight excluding hydrogens is 312 g/mol. The molecule has 1 atom stereocenters. The Morgan fingerprint density at radius 2 is 2.12 bits per heavy atom. The van der Waals surface area contributed by atoms with Gasteiger partial charge in [-0.05, 0) is 24.8 Å². The minimum atomic E-state index is -0.514. The predicted octanol–water partition coefficient (Wildman–Crippen LogP) is -0.639. The Kier molecular flexibility index (Phi) is 4.88. The summed E-state index contributed by atoms with van der Waals surface area (Å²) in [5.41, 5.74) is 0. The van der Waals surface area contributed by atoms with Gasteiger partial charge in [-0.2, -0.15) is 0 Å². The Bertz CT molecular complexity index is 607. The second-order valence-corrected chi connectivity index (χ2v) is 5.95. The van der Waals surface area contributed by atoms with Gasteiger partial charge in [-0.1, -0.05) is 0 Å². The number of amides is 4. The first-order valence-corrected chi connectivity index (χ1v) is 8.00. The number of hydrogen-bond acceptors (Lipinski definition) is 6. The molecule has 2 N–H and O–H groups in total. The highest BCUT2D eigenvalue weighted by molar-refractivity contribution is 6.04. The van der Waals surface area contributed by atoms with Crippen LogP contribution in [0.4, 0.5) is 10.7 Å². The van der Waals surface area contributed by atoms with Gasteiger partial charge in [0.1, 0.15) is 6.54 Å². The number of nitrogens with zero attached hydrogens (tertiary/aromatic N) is 4. The Morgan fingerprint density at radius 1 is 1.33 bits per heavy atom. The number of anilines is 1. The summed E-state index contributed by atoms with van der Waals surface area (Å²) in [5.74, 6) is 0.288. The third-order valence-electron chi connectivity index (χ3n) is 4.18. The molecule has 9 heteroatoms. The topological polar surface area (TPSA) is 108 Å². The fourth-order valence-electron chi connectivity index (χ4n) is 2.94. The van der Waals surface area contributed by atoms with Crippen LogP contribution >= 0.6 is 0 Å². The third-order valence-corrected chi connectivity index (χ3v) is 4.18. The highest BCUT2D eigenvalue weighted by atomic mass is 16.2. The van der Waals surface area contributed by atoms with E-state index in [4.69, 9.17) is 0 Å². The summed E-state index contributed by atoms with van der Waals surface area (Å²) >= 11 is 0. The Labute approximate surface area is 139 Å². The van der Waals surface area contributed by atoms with Crippen LogP contribution in [0.5, 0.6) is 0 Å². The van der Waals surface area contributed by atoms with E-state index in [0.29, 0.717) is 12.5 Å². The Hall–Kier alpha value is -2.71. The zero-order valence-electron chi connectivity index (χ0n) is 13.3. The van der Waals surface area contributed by atoms with Gasteiger partial charge in [-0.3, -0.25) is 14.5 Å². The number of carbonyl (C=O) groups excluding carboxylic acids is 3. The number of hydrogen-bond donors (Lipinski definition) is 2. The molecule has 1 aromatic heterocycles. The van der Waals surface area contributed by atoms with E-state index in [1.54, 1.807) is 18.5 Å². The molecule has 4 amide bonds. The third kappa shape index (κ3) is 3.79. The maximum Gasteiger partial charge on any atom is 0.325 e. The lowest BCUT2D eigenvalue weighted by Gasteiger charge is -2.32. The van der Waals surface area contributed by atoms with E-state index < -0.39 is 6.03 Å². The van der Waals surface area contributed by atoms with Crippen LogP contribution in [0.1, 0.15) is 12.8 Å². The lowest BCUT2D eigenvalue weighted by Crippen LogP contribution is -2.45. The molecule has 3 heterocycles. The molecule has 0 aromatic carbocycles.